The maximum absolute atomic E-state index is 15.5. The first kappa shape index (κ1) is 26.5. The fraction of sp³-hybridized carbons (Fsp3) is 0.727. The number of hydrogen-bond acceptors (Lipinski definition) is 8. The molecule has 190 valence electrons. The number of hydrogen-bond donors (Lipinski definition) is 2. The van der Waals surface area contributed by atoms with Crippen molar-refractivity contribution in [1.82, 2.24) is 25.2 Å². The number of halogens is 2. The molecule has 1 aromatic heterocycles. The molecule has 2 atom stereocenters. The number of hydroxylamine groups is 2. The monoisotopic (exact) mass is 500 g/mol. The molecule has 0 spiro atoms. The summed E-state index contributed by atoms with van der Waals surface area (Å²) in [5, 5.41) is 12.7. The van der Waals surface area contributed by atoms with Gasteiger partial charge in [0, 0.05) is 13.1 Å². The number of aromatic nitrogens is 2. The second kappa shape index (κ2) is 12.6. The van der Waals surface area contributed by atoms with E-state index in [-0.39, 0.29) is 48.2 Å². The Morgan fingerprint density at radius 3 is 2.79 bits per heavy atom. The van der Waals surface area contributed by atoms with Crippen LogP contribution in [0.15, 0.2) is 0 Å². The number of ether oxygens (including phenoxy) is 1. The minimum atomic E-state index is -0.639. The van der Waals surface area contributed by atoms with Crippen molar-refractivity contribution in [2.45, 2.75) is 44.7 Å². The highest BCUT2D eigenvalue weighted by molar-refractivity contribution is 6.28. The highest BCUT2D eigenvalue weighted by Crippen LogP contribution is 2.31. The molecule has 1 saturated heterocycles. The van der Waals surface area contributed by atoms with Crippen LogP contribution in [0.3, 0.4) is 0 Å². The summed E-state index contributed by atoms with van der Waals surface area (Å²) in [5.74, 6) is -1.17. The number of carbonyl (C=O) groups excluding carboxylic acids is 2. The Labute approximate surface area is 204 Å². The topological polar surface area (TPSA) is 111 Å². The molecule has 3 rings (SSSR count). The fourth-order valence-corrected chi connectivity index (χ4v) is 4.94. The summed E-state index contributed by atoms with van der Waals surface area (Å²) in [6.45, 7) is 1.66. The number of carbonyl (C=O) groups is 2. The van der Waals surface area contributed by atoms with Gasteiger partial charge in [0.05, 0.1) is 38.3 Å². The second-order valence-electron chi connectivity index (χ2n) is 9.29. The van der Waals surface area contributed by atoms with Crippen molar-refractivity contribution in [2.75, 3.05) is 51.8 Å². The van der Waals surface area contributed by atoms with Crippen molar-refractivity contribution in [3.05, 3.63) is 16.8 Å². The van der Waals surface area contributed by atoms with Gasteiger partial charge < -0.3 is 19.9 Å². The van der Waals surface area contributed by atoms with Gasteiger partial charge in [-0.1, -0.05) is 25.7 Å². The lowest BCUT2D eigenvalue weighted by Crippen LogP contribution is -2.51. The van der Waals surface area contributed by atoms with Crippen LogP contribution < -0.4 is 10.2 Å². The molecule has 2 amide bonds. The average Bonchev–Trinajstić information content (AvgIpc) is 3.32. The molecule has 2 fully saturated rings. The quantitative estimate of drug-likeness (QED) is 0.204. The number of morpholine rings is 1. The van der Waals surface area contributed by atoms with Gasteiger partial charge in [-0.15, -0.1) is 0 Å². The summed E-state index contributed by atoms with van der Waals surface area (Å²) >= 11 is 6.13. The van der Waals surface area contributed by atoms with Crippen LogP contribution in [0.2, 0.25) is 5.28 Å². The number of anilines is 1. The molecule has 12 heteroatoms. The van der Waals surface area contributed by atoms with E-state index in [4.69, 9.17) is 16.3 Å². The van der Waals surface area contributed by atoms with Crippen LogP contribution in [0.5, 0.6) is 0 Å². The van der Waals surface area contributed by atoms with Gasteiger partial charge in [-0.05, 0) is 38.0 Å². The van der Waals surface area contributed by atoms with E-state index in [0.717, 1.165) is 25.7 Å². The van der Waals surface area contributed by atoms with E-state index in [9.17, 15) is 14.8 Å². The van der Waals surface area contributed by atoms with Crippen molar-refractivity contribution in [3.63, 3.8) is 0 Å². The van der Waals surface area contributed by atoms with E-state index in [1.54, 1.807) is 0 Å². The van der Waals surface area contributed by atoms with Gasteiger partial charge >= 0.3 is 0 Å². The van der Waals surface area contributed by atoms with Crippen LogP contribution in [0.1, 0.15) is 37.8 Å². The molecule has 1 aliphatic carbocycles. The van der Waals surface area contributed by atoms with Crippen LogP contribution in [0.25, 0.3) is 0 Å². The largest absolute Gasteiger partial charge is 0.377 e. The zero-order chi connectivity index (χ0) is 24.7. The van der Waals surface area contributed by atoms with E-state index in [1.165, 1.54) is 0 Å². The number of nitrogens with one attached hydrogen (secondary N) is 1. The van der Waals surface area contributed by atoms with Crippen LogP contribution in [-0.4, -0.2) is 90.4 Å². The van der Waals surface area contributed by atoms with Gasteiger partial charge in [0.15, 0.2) is 11.6 Å². The highest BCUT2D eigenvalue weighted by atomic mass is 35.5. The lowest BCUT2D eigenvalue weighted by molar-refractivity contribution is -0.155. The molecule has 0 unspecified atom stereocenters. The van der Waals surface area contributed by atoms with E-state index in [1.807, 2.05) is 23.9 Å². The molecule has 34 heavy (non-hydrogen) atoms. The van der Waals surface area contributed by atoms with Gasteiger partial charge in [-0.2, -0.15) is 4.98 Å². The van der Waals surface area contributed by atoms with E-state index in [2.05, 4.69) is 15.3 Å². The van der Waals surface area contributed by atoms with Gasteiger partial charge in [-0.3, -0.25) is 14.8 Å². The van der Waals surface area contributed by atoms with Crippen LogP contribution in [0, 0.1) is 17.7 Å². The first-order valence-corrected chi connectivity index (χ1v) is 12.1. The number of amides is 2. The normalized spacial score (nSPS) is 19.9. The Bertz CT molecular complexity index is 842. The highest BCUT2D eigenvalue weighted by Gasteiger charge is 2.30. The first-order valence-electron chi connectivity index (χ1n) is 11.7. The van der Waals surface area contributed by atoms with E-state index < -0.39 is 11.7 Å². The Balaban J connectivity index is 1.73. The molecular weight excluding hydrogens is 467 g/mol. The number of rotatable bonds is 11. The summed E-state index contributed by atoms with van der Waals surface area (Å²) in [4.78, 5) is 35.8. The van der Waals surface area contributed by atoms with Crippen LogP contribution in [0.4, 0.5) is 10.2 Å². The Kier molecular flexibility index (Phi) is 9.81. The standard InChI is InChI=1S/C22H34ClFN6O4/c1-28(2)12-17-13-34-8-7-30(17)20-19(24)18(26-22(23)27-20)10-25-21(32)16(11-29(33)14-31)9-15-5-3-4-6-15/h14-17,33H,3-13H2,1-2H3,(H,25,32)/t16-,17-/m1/s1. The molecule has 0 bridgehead atoms. The average molecular weight is 501 g/mol. The van der Waals surface area contributed by atoms with E-state index >= 15 is 4.39 Å². The second-order valence-corrected chi connectivity index (χ2v) is 9.63. The minimum absolute atomic E-state index is 0.0192. The predicted octanol–water partition coefficient (Wildman–Crippen LogP) is 1.70. The molecule has 2 heterocycles. The predicted molar refractivity (Wildman–Crippen MR) is 124 cm³/mol. The molecule has 10 nitrogen and oxygen atoms in total. The van der Waals surface area contributed by atoms with Crippen molar-refractivity contribution in [2.24, 2.45) is 11.8 Å². The van der Waals surface area contributed by atoms with Gasteiger partial charge in [0.1, 0.15) is 5.69 Å². The van der Waals surface area contributed by atoms with Gasteiger partial charge in [0.2, 0.25) is 17.6 Å². The van der Waals surface area contributed by atoms with Crippen molar-refractivity contribution in [3.8, 4) is 0 Å². The van der Waals surface area contributed by atoms with Crippen LogP contribution >= 0.6 is 11.6 Å². The maximum atomic E-state index is 15.5. The van der Waals surface area contributed by atoms with Gasteiger partial charge in [-0.25, -0.2) is 14.4 Å². The zero-order valence-corrected chi connectivity index (χ0v) is 20.5. The molecule has 1 saturated carbocycles. The Hall–Kier alpha value is -2.08. The van der Waals surface area contributed by atoms with Crippen molar-refractivity contribution >= 4 is 29.7 Å². The third-order valence-electron chi connectivity index (χ3n) is 6.37. The summed E-state index contributed by atoms with van der Waals surface area (Å²) in [6.07, 6.45) is 5.08. The molecule has 1 aromatic rings. The summed E-state index contributed by atoms with van der Waals surface area (Å²) in [7, 11) is 3.86. The minimum Gasteiger partial charge on any atom is -0.377 e. The molecule has 0 radical (unpaired) electrons. The Morgan fingerprint density at radius 2 is 2.12 bits per heavy atom. The molecule has 2 N–H and O–H groups in total. The van der Waals surface area contributed by atoms with Crippen molar-refractivity contribution in [1.29, 1.82) is 0 Å². The fourth-order valence-electron chi connectivity index (χ4n) is 4.76. The third-order valence-corrected chi connectivity index (χ3v) is 6.54. The van der Waals surface area contributed by atoms with Gasteiger partial charge in [0.25, 0.3) is 0 Å². The molecular formula is C22H34ClFN6O4. The smallest absolute Gasteiger partial charge is 0.233 e. The Morgan fingerprint density at radius 1 is 1.38 bits per heavy atom. The first-order chi connectivity index (χ1) is 16.3. The lowest BCUT2D eigenvalue weighted by Gasteiger charge is -2.38. The SMILES string of the molecule is CN(C)C[C@@H]1COCCN1c1nc(Cl)nc(CNC(=O)[C@H](CC2CCCC2)CN(O)C=O)c1F. The van der Waals surface area contributed by atoms with E-state index in [0.29, 0.717) is 43.7 Å². The summed E-state index contributed by atoms with van der Waals surface area (Å²) in [5.41, 5.74) is -0.0192. The maximum Gasteiger partial charge on any atom is 0.233 e. The summed E-state index contributed by atoms with van der Waals surface area (Å²) in [6, 6.07) is -0.110. The summed E-state index contributed by atoms with van der Waals surface area (Å²) < 4.78 is 21.0. The van der Waals surface area contributed by atoms with Crippen LogP contribution in [-0.2, 0) is 20.9 Å². The molecule has 2 aliphatic rings. The van der Waals surface area contributed by atoms with Crippen molar-refractivity contribution < 1.29 is 23.9 Å². The number of nitrogens with zero attached hydrogens (tertiary/aromatic N) is 5. The lowest BCUT2D eigenvalue weighted by atomic mass is 9.92. The molecule has 1 aliphatic heterocycles. The third kappa shape index (κ3) is 7.21. The number of likely N-dealkylation sites (N-methyl/N-ethyl adjacent to an activating group) is 1. The molecule has 0 aromatic carbocycles. The zero-order valence-electron chi connectivity index (χ0n) is 19.8.